The van der Waals surface area contributed by atoms with Crippen molar-refractivity contribution >= 4 is 17.9 Å². The fraction of sp³-hybridized carbons (Fsp3) is 0.836. The van der Waals surface area contributed by atoms with E-state index in [1.165, 1.54) is 148 Å². The SMILES string of the molecule is CCCCC/C=C\C/C=C\CCCCCCCC(=O)OC(COC(=O)CCCCCCC/C=C\CCCCC)COC(=O)CCCCCCCCCCCCCCCCCC. The molecule has 0 aromatic carbocycles. The molecule has 0 bridgehead atoms. The van der Waals surface area contributed by atoms with E-state index < -0.39 is 6.10 Å². The second kappa shape index (κ2) is 50.3. The molecule has 0 aromatic rings. The summed E-state index contributed by atoms with van der Waals surface area (Å²) in [5.74, 6) is -0.890. The summed E-state index contributed by atoms with van der Waals surface area (Å²) in [7, 11) is 0. The van der Waals surface area contributed by atoms with Crippen molar-refractivity contribution in [2.75, 3.05) is 13.2 Å². The van der Waals surface area contributed by atoms with Crippen molar-refractivity contribution in [2.45, 2.75) is 284 Å². The number of unbranched alkanes of at least 4 members (excludes halogenated alkanes) is 31. The summed E-state index contributed by atoms with van der Waals surface area (Å²) >= 11 is 0. The van der Waals surface area contributed by atoms with E-state index >= 15 is 0 Å². The van der Waals surface area contributed by atoms with Gasteiger partial charge in [0.05, 0.1) is 0 Å². The smallest absolute Gasteiger partial charge is 0.306 e. The molecule has 0 N–H and O–H groups in total. The van der Waals surface area contributed by atoms with Gasteiger partial charge in [-0.25, -0.2) is 0 Å². The van der Waals surface area contributed by atoms with Crippen LogP contribution in [0.15, 0.2) is 36.5 Å². The Labute approximate surface area is 378 Å². The maximum Gasteiger partial charge on any atom is 0.306 e. The van der Waals surface area contributed by atoms with Crippen LogP contribution in [0.3, 0.4) is 0 Å². The predicted octanol–water partition coefficient (Wildman–Crippen LogP) is 17.3. The first-order chi connectivity index (χ1) is 30.0. The minimum Gasteiger partial charge on any atom is -0.462 e. The largest absolute Gasteiger partial charge is 0.462 e. The van der Waals surface area contributed by atoms with Crippen molar-refractivity contribution in [2.24, 2.45) is 0 Å². The molecule has 0 fully saturated rings. The molecule has 0 saturated heterocycles. The zero-order valence-corrected chi connectivity index (χ0v) is 40.7. The van der Waals surface area contributed by atoms with Crippen LogP contribution in [0.2, 0.25) is 0 Å². The predicted molar refractivity (Wildman–Crippen MR) is 261 cm³/mol. The number of hydrogen-bond acceptors (Lipinski definition) is 6. The van der Waals surface area contributed by atoms with E-state index in [0.29, 0.717) is 19.3 Å². The van der Waals surface area contributed by atoms with Gasteiger partial charge in [0.15, 0.2) is 6.10 Å². The second-order valence-electron chi connectivity index (χ2n) is 17.8. The van der Waals surface area contributed by atoms with Crippen molar-refractivity contribution in [3.05, 3.63) is 36.5 Å². The standard InChI is InChI=1S/C55H100O6/c1-4-7-10-13-16-19-22-25-27-29-30-33-36-39-42-45-48-54(57)60-51-52(50-59-53(56)47-44-41-38-35-32-24-21-18-15-12-9-6-3)61-55(58)49-46-43-40-37-34-31-28-26-23-20-17-14-11-8-5-2/h17-18,20-21,26,28,52H,4-16,19,22-25,27,29-51H2,1-3H3/b20-17-,21-18-,28-26-. The molecule has 0 rings (SSSR count). The zero-order valence-electron chi connectivity index (χ0n) is 40.7. The van der Waals surface area contributed by atoms with Gasteiger partial charge >= 0.3 is 17.9 Å². The molecule has 0 saturated carbocycles. The molecule has 0 radical (unpaired) electrons. The highest BCUT2D eigenvalue weighted by Gasteiger charge is 2.19. The Kier molecular flexibility index (Phi) is 48.3. The fourth-order valence-electron chi connectivity index (χ4n) is 7.59. The number of rotatable bonds is 48. The molecule has 1 unspecified atom stereocenters. The van der Waals surface area contributed by atoms with Gasteiger partial charge in [0.2, 0.25) is 0 Å². The van der Waals surface area contributed by atoms with Crippen molar-refractivity contribution < 1.29 is 28.6 Å². The molecule has 0 aliphatic carbocycles. The molecule has 61 heavy (non-hydrogen) atoms. The average molecular weight is 857 g/mol. The number of allylic oxidation sites excluding steroid dienone is 6. The molecular formula is C55H100O6. The van der Waals surface area contributed by atoms with Gasteiger partial charge in [-0.05, 0) is 77.0 Å². The third kappa shape index (κ3) is 48.5. The van der Waals surface area contributed by atoms with Crippen LogP contribution in [-0.4, -0.2) is 37.2 Å². The first-order valence-corrected chi connectivity index (χ1v) is 26.5. The van der Waals surface area contributed by atoms with E-state index in [1.54, 1.807) is 0 Å². The Bertz CT molecular complexity index is 1030. The van der Waals surface area contributed by atoms with Crippen molar-refractivity contribution in [3.8, 4) is 0 Å². The lowest BCUT2D eigenvalue weighted by Gasteiger charge is -2.18. The molecule has 0 heterocycles. The monoisotopic (exact) mass is 857 g/mol. The van der Waals surface area contributed by atoms with Crippen LogP contribution in [0.25, 0.3) is 0 Å². The Balaban J connectivity index is 4.37. The van der Waals surface area contributed by atoms with E-state index in [0.717, 1.165) is 89.9 Å². The summed E-state index contributed by atoms with van der Waals surface area (Å²) in [4.78, 5) is 38.0. The molecule has 0 spiro atoms. The maximum absolute atomic E-state index is 12.8. The van der Waals surface area contributed by atoms with Crippen molar-refractivity contribution in [1.29, 1.82) is 0 Å². The summed E-state index contributed by atoms with van der Waals surface area (Å²) in [6.07, 6.45) is 58.4. The van der Waals surface area contributed by atoms with Crippen LogP contribution >= 0.6 is 0 Å². The molecule has 0 aliphatic heterocycles. The molecule has 0 aliphatic rings. The molecule has 6 nitrogen and oxygen atoms in total. The Morgan fingerprint density at radius 1 is 0.328 bits per heavy atom. The number of hydrogen-bond donors (Lipinski definition) is 0. The van der Waals surface area contributed by atoms with Crippen LogP contribution in [0.1, 0.15) is 278 Å². The third-order valence-electron chi connectivity index (χ3n) is 11.6. The highest BCUT2D eigenvalue weighted by atomic mass is 16.6. The zero-order chi connectivity index (χ0) is 44.4. The van der Waals surface area contributed by atoms with Gasteiger partial charge in [-0.15, -0.1) is 0 Å². The van der Waals surface area contributed by atoms with Crippen LogP contribution in [0.5, 0.6) is 0 Å². The first-order valence-electron chi connectivity index (χ1n) is 26.5. The van der Waals surface area contributed by atoms with Gasteiger partial charge in [-0.1, -0.05) is 218 Å². The minimum atomic E-state index is -0.779. The van der Waals surface area contributed by atoms with Gasteiger partial charge in [0, 0.05) is 19.3 Å². The van der Waals surface area contributed by atoms with Crippen LogP contribution in [0, 0.1) is 0 Å². The molecule has 0 aromatic heterocycles. The lowest BCUT2D eigenvalue weighted by Crippen LogP contribution is -2.30. The highest BCUT2D eigenvalue weighted by molar-refractivity contribution is 5.71. The van der Waals surface area contributed by atoms with E-state index in [4.69, 9.17) is 14.2 Å². The molecule has 0 amide bonds. The van der Waals surface area contributed by atoms with E-state index in [9.17, 15) is 14.4 Å². The number of carbonyl (C=O) groups excluding carboxylic acids is 3. The third-order valence-corrected chi connectivity index (χ3v) is 11.6. The van der Waals surface area contributed by atoms with Gasteiger partial charge in [-0.2, -0.15) is 0 Å². The second-order valence-corrected chi connectivity index (χ2v) is 17.8. The molecule has 6 heteroatoms. The normalized spacial score (nSPS) is 12.2. The maximum atomic E-state index is 12.8. The number of carbonyl (C=O) groups is 3. The molecule has 356 valence electrons. The van der Waals surface area contributed by atoms with Gasteiger partial charge in [-0.3, -0.25) is 14.4 Å². The summed E-state index contributed by atoms with van der Waals surface area (Å²) in [6.45, 7) is 6.59. The van der Waals surface area contributed by atoms with Gasteiger partial charge in [0.25, 0.3) is 0 Å². The van der Waals surface area contributed by atoms with Gasteiger partial charge < -0.3 is 14.2 Å². The Morgan fingerprint density at radius 3 is 0.951 bits per heavy atom. The fourth-order valence-corrected chi connectivity index (χ4v) is 7.59. The topological polar surface area (TPSA) is 78.9 Å². The molecule has 1 atom stereocenters. The summed E-state index contributed by atoms with van der Waals surface area (Å²) in [5.41, 5.74) is 0. The first kappa shape index (κ1) is 58.6. The number of ether oxygens (including phenoxy) is 3. The number of esters is 3. The summed E-state index contributed by atoms with van der Waals surface area (Å²) in [5, 5.41) is 0. The van der Waals surface area contributed by atoms with Crippen LogP contribution < -0.4 is 0 Å². The molecular weight excluding hydrogens is 757 g/mol. The Morgan fingerprint density at radius 2 is 0.590 bits per heavy atom. The van der Waals surface area contributed by atoms with Crippen molar-refractivity contribution in [3.63, 3.8) is 0 Å². The van der Waals surface area contributed by atoms with E-state index in [-0.39, 0.29) is 31.1 Å². The average Bonchev–Trinajstić information content (AvgIpc) is 3.26. The van der Waals surface area contributed by atoms with E-state index in [2.05, 4.69) is 57.2 Å². The van der Waals surface area contributed by atoms with E-state index in [1.807, 2.05) is 0 Å². The highest BCUT2D eigenvalue weighted by Crippen LogP contribution is 2.16. The lowest BCUT2D eigenvalue weighted by molar-refractivity contribution is -0.167. The Hall–Kier alpha value is -2.37. The minimum absolute atomic E-state index is 0.0775. The summed E-state index contributed by atoms with van der Waals surface area (Å²) < 4.78 is 16.8. The quantitative estimate of drug-likeness (QED) is 0.0262. The van der Waals surface area contributed by atoms with Crippen LogP contribution in [0.4, 0.5) is 0 Å². The van der Waals surface area contributed by atoms with Gasteiger partial charge in [0.1, 0.15) is 13.2 Å². The van der Waals surface area contributed by atoms with Crippen LogP contribution in [-0.2, 0) is 28.6 Å². The lowest BCUT2D eigenvalue weighted by atomic mass is 10.0. The summed E-state index contributed by atoms with van der Waals surface area (Å²) in [6, 6.07) is 0. The van der Waals surface area contributed by atoms with Crippen molar-refractivity contribution in [1.82, 2.24) is 0 Å².